The number of rotatable bonds is 2. The lowest BCUT2D eigenvalue weighted by molar-refractivity contribution is 0.809. The highest BCUT2D eigenvalue weighted by Crippen LogP contribution is 1.82. The van der Waals surface area contributed by atoms with Crippen LogP contribution in [0.5, 0.6) is 0 Å². The number of aliphatic imine (C=N–C) groups is 1. The van der Waals surface area contributed by atoms with Crippen LogP contribution in [0.2, 0.25) is 0 Å². The van der Waals surface area contributed by atoms with E-state index in [9.17, 15) is 4.39 Å². The van der Waals surface area contributed by atoms with Crippen molar-refractivity contribution in [3.63, 3.8) is 0 Å². The Bertz CT molecular complexity index is 145. The lowest BCUT2D eigenvalue weighted by atomic mass is 10.4. The summed E-state index contributed by atoms with van der Waals surface area (Å²) in [6.07, 6.45) is 6.46. The molecule has 0 rings (SSSR count). The van der Waals surface area contributed by atoms with Crippen LogP contribution in [-0.2, 0) is 0 Å². The SMILES string of the molecule is C/C=C/C=C\C(F)=NC. The molecule has 0 aromatic heterocycles. The molecule has 2 heteroatoms. The molecule has 0 heterocycles. The highest BCUT2D eigenvalue weighted by atomic mass is 19.1. The van der Waals surface area contributed by atoms with Crippen molar-refractivity contribution in [1.29, 1.82) is 0 Å². The summed E-state index contributed by atoms with van der Waals surface area (Å²) in [4.78, 5) is 3.29. The van der Waals surface area contributed by atoms with Crippen molar-refractivity contribution in [1.82, 2.24) is 0 Å². The quantitative estimate of drug-likeness (QED) is 0.398. The molecule has 0 aromatic rings. The minimum Gasteiger partial charge on any atom is -0.261 e. The fourth-order valence-corrected chi connectivity index (χ4v) is 0.321. The summed E-state index contributed by atoms with van der Waals surface area (Å²) in [6.45, 7) is 1.87. The van der Waals surface area contributed by atoms with Gasteiger partial charge < -0.3 is 0 Å². The fourth-order valence-electron chi connectivity index (χ4n) is 0.321. The molecule has 0 aliphatic rings. The minimum atomic E-state index is -0.451. The number of hydrogen-bond acceptors (Lipinski definition) is 1. The number of halogens is 1. The first-order valence-electron chi connectivity index (χ1n) is 2.73. The van der Waals surface area contributed by atoms with Crippen molar-refractivity contribution in [2.24, 2.45) is 4.99 Å². The first-order chi connectivity index (χ1) is 4.31. The molecule has 0 spiro atoms. The number of nitrogens with zero attached hydrogens (tertiary/aromatic N) is 1. The second-order valence-corrected chi connectivity index (χ2v) is 1.43. The van der Waals surface area contributed by atoms with Crippen LogP contribution in [0, 0.1) is 0 Å². The van der Waals surface area contributed by atoms with Gasteiger partial charge in [-0.2, -0.15) is 4.39 Å². The molecule has 0 saturated heterocycles. The van der Waals surface area contributed by atoms with Gasteiger partial charge >= 0.3 is 0 Å². The van der Waals surface area contributed by atoms with Gasteiger partial charge in [0, 0.05) is 7.05 Å². The lowest BCUT2D eigenvalue weighted by Gasteiger charge is -1.77. The Morgan fingerprint density at radius 2 is 2.11 bits per heavy atom. The van der Waals surface area contributed by atoms with Gasteiger partial charge in [-0.15, -0.1) is 0 Å². The summed E-state index contributed by atoms with van der Waals surface area (Å²) >= 11 is 0. The van der Waals surface area contributed by atoms with Crippen molar-refractivity contribution in [3.05, 3.63) is 24.3 Å². The van der Waals surface area contributed by atoms with Crippen LogP contribution in [-0.4, -0.2) is 13.0 Å². The predicted molar refractivity (Wildman–Crippen MR) is 38.4 cm³/mol. The molecule has 0 radical (unpaired) electrons. The Morgan fingerprint density at radius 3 is 2.56 bits per heavy atom. The normalized spacial score (nSPS) is 13.9. The Hall–Kier alpha value is -0.920. The van der Waals surface area contributed by atoms with Gasteiger partial charge in [-0.05, 0) is 13.0 Å². The zero-order valence-corrected chi connectivity index (χ0v) is 5.63. The molecule has 0 bridgehead atoms. The molecule has 0 aliphatic heterocycles. The van der Waals surface area contributed by atoms with Crippen LogP contribution in [0.4, 0.5) is 4.39 Å². The van der Waals surface area contributed by atoms with Gasteiger partial charge in [0.15, 0.2) is 0 Å². The molecule has 0 unspecified atom stereocenters. The van der Waals surface area contributed by atoms with Crippen molar-refractivity contribution < 1.29 is 4.39 Å². The Kier molecular flexibility index (Phi) is 4.69. The molecule has 0 N–H and O–H groups in total. The van der Waals surface area contributed by atoms with Gasteiger partial charge in [-0.1, -0.05) is 18.2 Å². The van der Waals surface area contributed by atoms with Gasteiger partial charge in [0.1, 0.15) is 0 Å². The maximum absolute atomic E-state index is 12.1. The molecular formula is C7H10FN. The van der Waals surface area contributed by atoms with E-state index in [4.69, 9.17) is 0 Å². The first-order valence-corrected chi connectivity index (χ1v) is 2.73. The van der Waals surface area contributed by atoms with E-state index in [0.29, 0.717) is 0 Å². The number of hydrogen-bond donors (Lipinski definition) is 0. The van der Waals surface area contributed by atoms with Gasteiger partial charge in [-0.3, -0.25) is 4.99 Å². The summed E-state index contributed by atoms with van der Waals surface area (Å²) in [6, 6.07) is 0. The molecule has 0 amide bonds. The monoisotopic (exact) mass is 127 g/mol. The summed E-state index contributed by atoms with van der Waals surface area (Å²) in [7, 11) is 1.41. The van der Waals surface area contributed by atoms with E-state index >= 15 is 0 Å². The summed E-state index contributed by atoms with van der Waals surface area (Å²) < 4.78 is 12.1. The molecule has 0 fully saturated rings. The van der Waals surface area contributed by atoms with Crippen molar-refractivity contribution in [2.45, 2.75) is 6.92 Å². The standard InChI is InChI=1S/C7H10FN/c1-3-4-5-6-7(8)9-2/h3-6H,1-2H3/b4-3+,6-5-,9-7?. The fraction of sp³-hybridized carbons (Fsp3) is 0.286. The summed E-state index contributed by atoms with van der Waals surface area (Å²) in [5.41, 5.74) is 0. The highest BCUT2D eigenvalue weighted by Gasteiger charge is 1.79. The van der Waals surface area contributed by atoms with E-state index in [1.807, 2.05) is 13.0 Å². The maximum Gasteiger partial charge on any atom is 0.208 e. The van der Waals surface area contributed by atoms with Crippen LogP contribution in [0.1, 0.15) is 6.92 Å². The molecule has 0 saturated carbocycles. The van der Waals surface area contributed by atoms with Crippen LogP contribution in [0.3, 0.4) is 0 Å². The molecule has 0 aliphatic carbocycles. The first kappa shape index (κ1) is 8.08. The minimum absolute atomic E-state index is 0.451. The second kappa shape index (κ2) is 5.22. The zero-order chi connectivity index (χ0) is 7.11. The van der Waals surface area contributed by atoms with Crippen LogP contribution in [0.15, 0.2) is 29.3 Å². The largest absolute Gasteiger partial charge is 0.261 e. The van der Waals surface area contributed by atoms with Crippen molar-refractivity contribution >= 4 is 5.97 Å². The summed E-state index contributed by atoms with van der Waals surface area (Å²) in [5, 5.41) is 0. The topological polar surface area (TPSA) is 12.4 Å². The Balaban J connectivity index is 3.71. The third-order valence-corrected chi connectivity index (χ3v) is 0.751. The van der Waals surface area contributed by atoms with Gasteiger partial charge in [0.25, 0.3) is 0 Å². The molecular weight excluding hydrogens is 117 g/mol. The molecule has 0 atom stereocenters. The van der Waals surface area contributed by atoms with Gasteiger partial charge in [0.2, 0.25) is 5.97 Å². The summed E-state index contributed by atoms with van der Waals surface area (Å²) in [5.74, 6) is -0.451. The molecule has 0 aromatic carbocycles. The van der Waals surface area contributed by atoms with E-state index in [0.717, 1.165) is 0 Å². The maximum atomic E-state index is 12.1. The average Bonchev–Trinajstić information content (AvgIpc) is 1.89. The smallest absolute Gasteiger partial charge is 0.208 e. The van der Waals surface area contributed by atoms with Crippen LogP contribution < -0.4 is 0 Å². The van der Waals surface area contributed by atoms with E-state index in [1.165, 1.54) is 13.1 Å². The van der Waals surface area contributed by atoms with Gasteiger partial charge in [0.05, 0.1) is 0 Å². The zero-order valence-electron chi connectivity index (χ0n) is 5.63. The lowest BCUT2D eigenvalue weighted by Crippen LogP contribution is -1.77. The van der Waals surface area contributed by atoms with Crippen LogP contribution >= 0.6 is 0 Å². The predicted octanol–water partition coefficient (Wildman–Crippen LogP) is 2.12. The molecule has 1 nitrogen and oxygen atoms in total. The van der Waals surface area contributed by atoms with E-state index in [2.05, 4.69) is 4.99 Å². The molecule has 9 heavy (non-hydrogen) atoms. The second-order valence-electron chi connectivity index (χ2n) is 1.43. The average molecular weight is 127 g/mol. The Labute approximate surface area is 54.6 Å². The third kappa shape index (κ3) is 4.94. The van der Waals surface area contributed by atoms with Crippen molar-refractivity contribution in [3.8, 4) is 0 Å². The van der Waals surface area contributed by atoms with Crippen LogP contribution in [0.25, 0.3) is 0 Å². The van der Waals surface area contributed by atoms with E-state index in [-0.39, 0.29) is 0 Å². The highest BCUT2D eigenvalue weighted by molar-refractivity contribution is 5.86. The van der Waals surface area contributed by atoms with Gasteiger partial charge in [-0.25, -0.2) is 0 Å². The van der Waals surface area contributed by atoms with E-state index < -0.39 is 5.97 Å². The molecule has 50 valence electrons. The number of allylic oxidation sites excluding steroid dienone is 4. The Morgan fingerprint density at radius 1 is 1.44 bits per heavy atom. The third-order valence-electron chi connectivity index (χ3n) is 0.751. The van der Waals surface area contributed by atoms with E-state index in [1.54, 1.807) is 12.2 Å². The van der Waals surface area contributed by atoms with Crippen molar-refractivity contribution in [2.75, 3.05) is 7.05 Å².